The summed E-state index contributed by atoms with van der Waals surface area (Å²) in [4.78, 5) is 7.14. The Morgan fingerprint density at radius 3 is 2.86 bits per heavy atom. The Kier molecular flexibility index (Phi) is 4.45. The quantitative estimate of drug-likeness (QED) is 0.917. The van der Waals surface area contributed by atoms with Crippen molar-refractivity contribution in [2.45, 2.75) is 46.0 Å². The van der Waals surface area contributed by atoms with Crippen LogP contribution >= 0.6 is 11.3 Å². The largest absolute Gasteiger partial charge is 0.316 e. The van der Waals surface area contributed by atoms with Crippen molar-refractivity contribution < 1.29 is 0 Å². The number of fused-ring (bicyclic) bond motifs is 1. The fourth-order valence-corrected chi connectivity index (χ4v) is 4.30. The Bertz CT molecular complexity index is 644. The zero-order chi connectivity index (χ0) is 14.8. The minimum atomic E-state index is 0.746. The van der Waals surface area contributed by atoms with Gasteiger partial charge in [-0.3, -0.25) is 4.40 Å². The van der Waals surface area contributed by atoms with Crippen LogP contribution in [0.15, 0.2) is 11.8 Å². The summed E-state index contributed by atoms with van der Waals surface area (Å²) in [6, 6.07) is 0. The van der Waals surface area contributed by atoms with E-state index in [-0.39, 0.29) is 0 Å². The van der Waals surface area contributed by atoms with Crippen molar-refractivity contribution in [3.63, 3.8) is 0 Å². The van der Waals surface area contributed by atoms with Crippen molar-refractivity contribution in [3.8, 4) is 0 Å². The van der Waals surface area contributed by atoms with Crippen molar-refractivity contribution in [2.24, 2.45) is 5.92 Å². The first kappa shape index (κ1) is 14.8. The van der Waals surface area contributed by atoms with Crippen LogP contribution in [0, 0.1) is 19.8 Å². The average molecular weight is 303 g/mol. The van der Waals surface area contributed by atoms with Crippen LogP contribution in [0.5, 0.6) is 0 Å². The summed E-state index contributed by atoms with van der Waals surface area (Å²) in [5.41, 5.74) is 3.96. The van der Waals surface area contributed by atoms with Crippen molar-refractivity contribution in [3.05, 3.63) is 28.0 Å². The summed E-state index contributed by atoms with van der Waals surface area (Å²) in [5, 5.41) is 3.35. The van der Waals surface area contributed by atoms with Gasteiger partial charge in [-0.15, -0.1) is 11.3 Å². The third kappa shape index (κ3) is 3.06. The number of aromatic nitrogens is 2. The fraction of sp³-hybridized carbons (Fsp3) is 0.588. The maximum Gasteiger partial charge on any atom is 0.194 e. The molecule has 1 N–H and O–H groups in total. The molecule has 2 aromatic heterocycles. The summed E-state index contributed by atoms with van der Waals surface area (Å²) < 4.78 is 2.26. The molecule has 21 heavy (non-hydrogen) atoms. The summed E-state index contributed by atoms with van der Waals surface area (Å²) in [7, 11) is 2.05. The molecule has 0 spiro atoms. The van der Waals surface area contributed by atoms with E-state index in [1.54, 1.807) is 16.9 Å². The Morgan fingerprint density at radius 1 is 1.38 bits per heavy atom. The Labute approximate surface area is 131 Å². The highest BCUT2D eigenvalue weighted by molar-refractivity contribution is 7.17. The van der Waals surface area contributed by atoms with E-state index in [9.17, 15) is 0 Å². The van der Waals surface area contributed by atoms with Crippen LogP contribution in [-0.2, 0) is 0 Å². The molecule has 1 fully saturated rings. The first-order valence-electron chi connectivity index (χ1n) is 7.99. The second-order valence-corrected chi connectivity index (χ2v) is 7.37. The topological polar surface area (TPSA) is 29.3 Å². The van der Waals surface area contributed by atoms with Gasteiger partial charge in [-0.25, -0.2) is 4.98 Å². The van der Waals surface area contributed by atoms with Gasteiger partial charge in [-0.1, -0.05) is 24.8 Å². The number of hydrogen-bond acceptors (Lipinski definition) is 3. The van der Waals surface area contributed by atoms with Crippen molar-refractivity contribution in [1.29, 1.82) is 0 Å². The predicted octanol–water partition coefficient (Wildman–Crippen LogP) is 4.20. The molecular formula is C17H25N3S. The summed E-state index contributed by atoms with van der Waals surface area (Å²) >= 11 is 1.77. The number of hydrogen-bond donors (Lipinski definition) is 1. The van der Waals surface area contributed by atoms with E-state index < -0.39 is 0 Å². The van der Waals surface area contributed by atoms with Gasteiger partial charge in [0.15, 0.2) is 4.96 Å². The lowest BCUT2D eigenvalue weighted by Gasteiger charge is -2.24. The van der Waals surface area contributed by atoms with Gasteiger partial charge in [0.2, 0.25) is 0 Å². The predicted molar refractivity (Wildman–Crippen MR) is 91.0 cm³/mol. The van der Waals surface area contributed by atoms with Crippen LogP contribution in [0.3, 0.4) is 0 Å². The Balaban J connectivity index is 1.99. The number of likely N-dealkylation sites (N-methyl/N-ethyl adjacent to an activating group) is 1. The first-order chi connectivity index (χ1) is 10.2. The normalized spacial score (nSPS) is 17.8. The highest BCUT2D eigenvalue weighted by Crippen LogP contribution is 2.31. The van der Waals surface area contributed by atoms with Crippen LogP contribution in [0.4, 0.5) is 0 Å². The van der Waals surface area contributed by atoms with Crippen molar-refractivity contribution in [2.75, 3.05) is 13.6 Å². The van der Waals surface area contributed by atoms with Gasteiger partial charge in [-0.05, 0) is 45.7 Å². The molecule has 0 bridgehead atoms. The number of imidazole rings is 1. The fourth-order valence-electron chi connectivity index (χ4n) is 3.42. The molecule has 0 aromatic carbocycles. The van der Waals surface area contributed by atoms with Gasteiger partial charge < -0.3 is 5.32 Å². The number of thiazole rings is 1. The van der Waals surface area contributed by atoms with Gasteiger partial charge in [0, 0.05) is 17.6 Å². The van der Waals surface area contributed by atoms with Crippen LogP contribution < -0.4 is 5.32 Å². The summed E-state index contributed by atoms with van der Waals surface area (Å²) in [6.07, 6.45) is 11.5. The van der Waals surface area contributed by atoms with E-state index >= 15 is 0 Å². The summed E-state index contributed by atoms with van der Waals surface area (Å²) in [6.45, 7) is 5.26. The van der Waals surface area contributed by atoms with Crippen LogP contribution in [0.1, 0.15) is 48.4 Å². The average Bonchev–Trinajstić information content (AvgIpc) is 2.96. The van der Waals surface area contributed by atoms with Crippen LogP contribution in [-0.4, -0.2) is 23.0 Å². The van der Waals surface area contributed by atoms with Gasteiger partial charge in [0.05, 0.1) is 11.4 Å². The van der Waals surface area contributed by atoms with Crippen LogP contribution in [0.2, 0.25) is 0 Å². The SMILES string of the molecule is CNCC(=Cc1c(C)nc2sc(C)cn12)C1CCCCC1. The molecule has 114 valence electrons. The highest BCUT2D eigenvalue weighted by Gasteiger charge is 2.19. The molecular weight excluding hydrogens is 278 g/mol. The third-order valence-corrected chi connectivity index (χ3v) is 5.39. The van der Waals surface area contributed by atoms with Gasteiger partial charge >= 0.3 is 0 Å². The molecule has 0 atom stereocenters. The Morgan fingerprint density at radius 2 is 2.14 bits per heavy atom. The minimum absolute atomic E-state index is 0.746. The number of aryl methyl sites for hydroxylation is 2. The lowest BCUT2D eigenvalue weighted by Crippen LogP contribution is -2.19. The number of nitrogens with one attached hydrogen (secondary N) is 1. The minimum Gasteiger partial charge on any atom is -0.316 e. The number of nitrogens with zero attached hydrogens (tertiary/aromatic N) is 2. The monoisotopic (exact) mass is 303 g/mol. The molecule has 1 saturated carbocycles. The molecule has 0 saturated heterocycles. The summed E-state index contributed by atoms with van der Waals surface area (Å²) in [5.74, 6) is 0.746. The second-order valence-electron chi connectivity index (χ2n) is 6.16. The van der Waals surface area contributed by atoms with E-state index in [4.69, 9.17) is 4.98 Å². The molecule has 3 nitrogen and oxygen atoms in total. The maximum absolute atomic E-state index is 4.71. The van der Waals surface area contributed by atoms with Crippen LogP contribution in [0.25, 0.3) is 11.0 Å². The molecule has 0 radical (unpaired) electrons. The number of rotatable bonds is 4. The molecule has 2 heterocycles. The van der Waals surface area contributed by atoms with Gasteiger partial charge in [0.25, 0.3) is 0 Å². The van der Waals surface area contributed by atoms with E-state index in [2.05, 4.69) is 35.8 Å². The molecule has 3 rings (SSSR count). The molecule has 1 aliphatic carbocycles. The standard InChI is InChI=1S/C17H25N3S/c1-12-11-20-16(13(2)19-17(20)21-12)9-15(10-18-3)14-7-5-4-6-8-14/h9,11,14,18H,4-8,10H2,1-3H3. The van der Waals surface area contributed by atoms with E-state index in [0.29, 0.717) is 0 Å². The van der Waals surface area contributed by atoms with Crippen molar-refractivity contribution in [1.82, 2.24) is 14.7 Å². The smallest absolute Gasteiger partial charge is 0.194 e. The Hall–Kier alpha value is -1.13. The molecule has 0 amide bonds. The first-order valence-corrected chi connectivity index (χ1v) is 8.81. The molecule has 0 aliphatic heterocycles. The van der Waals surface area contributed by atoms with Gasteiger partial charge in [0.1, 0.15) is 0 Å². The highest BCUT2D eigenvalue weighted by atomic mass is 32.1. The lowest BCUT2D eigenvalue weighted by molar-refractivity contribution is 0.398. The second kappa shape index (κ2) is 6.32. The molecule has 4 heteroatoms. The molecule has 0 unspecified atom stereocenters. The van der Waals surface area contributed by atoms with E-state index in [0.717, 1.165) is 23.1 Å². The lowest BCUT2D eigenvalue weighted by atomic mass is 9.83. The molecule has 1 aliphatic rings. The third-order valence-electron chi connectivity index (χ3n) is 4.50. The van der Waals surface area contributed by atoms with E-state index in [1.165, 1.54) is 42.7 Å². The molecule has 2 aromatic rings. The maximum atomic E-state index is 4.71. The zero-order valence-corrected chi connectivity index (χ0v) is 14.1. The van der Waals surface area contributed by atoms with E-state index in [1.807, 2.05) is 7.05 Å². The van der Waals surface area contributed by atoms with Gasteiger partial charge in [-0.2, -0.15) is 0 Å². The zero-order valence-electron chi connectivity index (χ0n) is 13.3. The van der Waals surface area contributed by atoms with Crippen molar-refractivity contribution >= 4 is 22.4 Å².